The number of imide groups is 1. The van der Waals surface area contributed by atoms with E-state index < -0.39 is 11.9 Å². The van der Waals surface area contributed by atoms with Crippen molar-refractivity contribution in [2.45, 2.75) is 18.6 Å². The molecule has 0 spiro atoms. The number of aryl methyl sites for hydroxylation is 1. The maximum atomic E-state index is 12.4. The highest BCUT2D eigenvalue weighted by molar-refractivity contribution is 7.99. The number of rotatable bonds is 8. The molecule has 178 valence electrons. The highest BCUT2D eigenvalue weighted by Crippen LogP contribution is 2.32. The van der Waals surface area contributed by atoms with Crippen molar-refractivity contribution in [3.05, 3.63) is 48.0 Å². The van der Waals surface area contributed by atoms with Gasteiger partial charge in [-0.15, -0.1) is 10.2 Å². The van der Waals surface area contributed by atoms with E-state index in [0.29, 0.717) is 54.5 Å². The van der Waals surface area contributed by atoms with Gasteiger partial charge in [0.05, 0.1) is 18.9 Å². The second-order valence-corrected chi connectivity index (χ2v) is 8.41. The Morgan fingerprint density at radius 2 is 1.94 bits per heavy atom. The van der Waals surface area contributed by atoms with Gasteiger partial charge in [-0.1, -0.05) is 35.5 Å². The number of ether oxygens (including phenoxy) is 3. The first-order valence-electron chi connectivity index (χ1n) is 10.7. The lowest BCUT2D eigenvalue weighted by Crippen LogP contribution is -2.35. The Balaban J connectivity index is 1.36. The van der Waals surface area contributed by atoms with Gasteiger partial charge in [0.15, 0.2) is 22.5 Å². The number of hydrogen-bond donors (Lipinski definition) is 2. The minimum atomic E-state index is -0.636. The second-order valence-electron chi connectivity index (χ2n) is 7.47. The Kier molecular flexibility index (Phi) is 7.65. The summed E-state index contributed by atoms with van der Waals surface area (Å²) in [5, 5.41) is 14.1. The number of aromatic nitrogens is 3. The Morgan fingerprint density at radius 3 is 2.74 bits per heavy atom. The largest absolute Gasteiger partial charge is 0.486 e. The topological polar surface area (TPSA) is 117 Å². The molecule has 3 amide bonds. The van der Waals surface area contributed by atoms with Crippen LogP contribution in [-0.2, 0) is 16.1 Å². The number of amides is 3. The third kappa shape index (κ3) is 5.86. The van der Waals surface area contributed by atoms with Crippen LogP contribution < -0.4 is 20.1 Å². The molecule has 1 aromatic heterocycles. The van der Waals surface area contributed by atoms with Gasteiger partial charge >= 0.3 is 6.03 Å². The molecule has 3 aromatic rings. The highest BCUT2D eigenvalue weighted by atomic mass is 32.2. The molecule has 0 fully saturated rings. The first kappa shape index (κ1) is 23.6. The van der Waals surface area contributed by atoms with E-state index in [1.165, 1.54) is 11.8 Å². The average Bonchev–Trinajstić information content (AvgIpc) is 3.24. The Labute approximate surface area is 201 Å². The SMILES string of the molecule is COCCn1c(SCC(=O)NC(=O)Nc2ccc3c(c2)OCCO3)nnc1-c1cccc(C)c1. The first-order valence-corrected chi connectivity index (χ1v) is 11.6. The van der Waals surface area contributed by atoms with E-state index in [1.807, 2.05) is 35.8 Å². The number of urea groups is 1. The van der Waals surface area contributed by atoms with Crippen LogP contribution in [0.15, 0.2) is 47.6 Å². The fourth-order valence-electron chi connectivity index (χ4n) is 3.35. The summed E-state index contributed by atoms with van der Waals surface area (Å²) in [6.45, 7) is 3.93. The summed E-state index contributed by atoms with van der Waals surface area (Å²) in [4.78, 5) is 24.6. The molecule has 0 aliphatic carbocycles. The Hall–Kier alpha value is -3.57. The van der Waals surface area contributed by atoms with Crippen LogP contribution in [0.3, 0.4) is 0 Å². The summed E-state index contributed by atoms with van der Waals surface area (Å²) in [6.07, 6.45) is 0. The molecule has 10 nitrogen and oxygen atoms in total. The van der Waals surface area contributed by atoms with Gasteiger partial charge < -0.3 is 19.5 Å². The average molecular weight is 484 g/mol. The summed E-state index contributed by atoms with van der Waals surface area (Å²) < 4.78 is 18.1. The summed E-state index contributed by atoms with van der Waals surface area (Å²) in [6, 6.07) is 12.4. The molecule has 2 heterocycles. The van der Waals surface area contributed by atoms with Gasteiger partial charge in [0.25, 0.3) is 0 Å². The lowest BCUT2D eigenvalue weighted by atomic mass is 10.1. The molecule has 1 aliphatic rings. The van der Waals surface area contributed by atoms with Crippen molar-refractivity contribution in [2.75, 3.05) is 38.0 Å². The Bertz CT molecular complexity index is 1180. The fourth-order valence-corrected chi connectivity index (χ4v) is 4.12. The van der Waals surface area contributed by atoms with Crippen molar-refractivity contribution in [3.63, 3.8) is 0 Å². The molecule has 4 rings (SSSR count). The van der Waals surface area contributed by atoms with Gasteiger partial charge in [-0.25, -0.2) is 4.79 Å². The number of nitrogens with one attached hydrogen (secondary N) is 2. The van der Waals surface area contributed by atoms with E-state index in [4.69, 9.17) is 14.2 Å². The molecule has 0 saturated carbocycles. The molecule has 0 atom stereocenters. The van der Waals surface area contributed by atoms with E-state index in [9.17, 15) is 9.59 Å². The summed E-state index contributed by atoms with van der Waals surface area (Å²) in [5.41, 5.74) is 2.53. The minimum absolute atomic E-state index is 0.00646. The predicted molar refractivity (Wildman–Crippen MR) is 127 cm³/mol. The van der Waals surface area contributed by atoms with Crippen LogP contribution in [0.25, 0.3) is 11.4 Å². The monoisotopic (exact) mass is 483 g/mol. The van der Waals surface area contributed by atoms with E-state index in [0.717, 1.165) is 11.1 Å². The van der Waals surface area contributed by atoms with E-state index in [2.05, 4.69) is 20.8 Å². The molecule has 34 heavy (non-hydrogen) atoms. The lowest BCUT2D eigenvalue weighted by Gasteiger charge is -2.19. The van der Waals surface area contributed by atoms with Crippen LogP contribution in [0.4, 0.5) is 10.5 Å². The molecular formula is C23H25N5O5S. The van der Waals surface area contributed by atoms with Crippen molar-refractivity contribution in [1.82, 2.24) is 20.1 Å². The first-order chi connectivity index (χ1) is 16.5. The normalized spacial score (nSPS) is 12.3. The van der Waals surface area contributed by atoms with E-state index in [-0.39, 0.29) is 5.75 Å². The van der Waals surface area contributed by atoms with Crippen LogP contribution in [-0.4, -0.2) is 59.4 Å². The standard InChI is InChI=1S/C23H25N5O5S/c1-15-4-3-5-16(12-15)21-26-27-23(28(21)8-9-31-2)34-14-20(29)25-22(30)24-17-6-7-18-19(13-17)33-11-10-32-18/h3-7,12-13H,8-11,14H2,1-2H3,(H2,24,25,29,30). The quantitative estimate of drug-likeness (QED) is 0.470. The zero-order valence-electron chi connectivity index (χ0n) is 18.9. The highest BCUT2D eigenvalue weighted by Gasteiger charge is 2.17. The molecule has 0 bridgehead atoms. The van der Waals surface area contributed by atoms with Crippen molar-refractivity contribution in [2.24, 2.45) is 0 Å². The van der Waals surface area contributed by atoms with Crippen LogP contribution in [0.5, 0.6) is 11.5 Å². The number of nitrogens with zero attached hydrogens (tertiary/aromatic N) is 3. The zero-order chi connectivity index (χ0) is 23.9. The van der Waals surface area contributed by atoms with Crippen molar-refractivity contribution in [1.29, 1.82) is 0 Å². The number of anilines is 1. The Morgan fingerprint density at radius 1 is 1.12 bits per heavy atom. The maximum absolute atomic E-state index is 12.4. The summed E-state index contributed by atoms with van der Waals surface area (Å²) in [5.74, 6) is 1.39. The van der Waals surface area contributed by atoms with Crippen molar-refractivity contribution >= 4 is 29.4 Å². The number of fused-ring (bicyclic) bond motifs is 1. The van der Waals surface area contributed by atoms with Gasteiger partial charge in [-0.3, -0.25) is 14.7 Å². The molecule has 0 unspecified atom stereocenters. The van der Waals surface area contributed by atoms with Gasteiger partial charge in [-0.2, -0.15) is 0 Å². The molecule has 0 saturated heterocycles. The van der Waals surface area contributed by atoms with Crippen molar-refractivity contribution in [3.8, 4) is 22.9 Å². The van der Waals surface area contributed by atoms with Gasteiger partial charge in [0.2, 0.25) is 5.91 Å². The van der Waals surface area contributed by atoms with E-state index >= 15 is 0 Å². The third-order valence-electron chi connectivity index (χ3n) is 4.90. The van der Waals surface area contributed by atoms with Gasteiger partial charge in [-0.05, 0) is 25.1 Å². The maximum Gasteiger partial charge on any atom is 0.325 e. The number of carbonyl (C=O) groups excluding carboxylic acids is 2. The third-order valence-corrected chi connectivity index (χ3v) is 5.86. The van der Waals surface area contributed by atoms with Gasteiger partial charge in [0, 0.05) is 24.4 Å². The molecule has 11 heteroatoms. The van der Waals surface area contributed by atoms with Crippen LogP contribution in [0, 0.1) is 6.92 Å². The van der Waals surface area contributed by atoms with Crippen LogP contribution in [0.2, 0.25) is 0 Å². The molecule has 2 aromatic carbocycles. The van der Waals surface area contributed by atoms with Crippen LogP contribution in [0.1, 0.15) is 5.56 Å². The number of benzene rings is 2. The number of hydrogen-bond acceptors (Lipinski definition) is 8. The molecule has 0 radical (unpaired) electrons. The molecule has 2 N–H and O–H groups in total. The summed E-state index contributed by atoms with van der Waals surface area (Å²) in [7, 11) is 1.62. The zero-order valence-corrected chi connectivity index (χ0v) is 19.7. The second kappa shape index (κ2) is 11.0. The molecular weight excluding hydrogens is 458 g/mol. The van der Waals surface area contributed by atoms with Crippen molar-refractivity contribution < 1.29 is 23.8 Å². The summed E-state index contributed by atoms with van der Waals surface area (Å²) >= 11 is 1.20. The number of carbonyl (C=O) groups is 2. The lowest BCUT2D eigenvalue weighted by molar-refractivity contribution is -0.117. The number of methoxy groups -OCH3 is 1. The van der Waals surface area contributed by atoms with E-state index in [1.54, 1.807) is 25.3 Å². The minimum Gasteiger partial charge on any atom is -0.486 e. The number of thioether (sulfide) groups is 1. The fraction of sp³-hybridized carbons (Fsp3) is 0.304. The molecule has 1 aliphatic heterocycles. The van der Waals surface area contributed by atoms with Crippen LogP contribution >= 0.6 is 11.8 Å². The smallest absolute Gasteiger partial charge is 0.325 e. The van der Waals surface area contributed by atoms with Gasteiger partial charge in [0.1, 0.15) is 13.2 Å². The predicted octanol–water partition coefficient (Wildman–Crippen LogP) is 3.11.